The Kier molecular flexibility index (Phi) is 9.62. The number of carbonyl (C=O) groups excluding carboxylic acids is 1. The molecule has 1 heterocycles. The lowest BCUT2D eigenvalue weighted by molar-refractivity contribution is 0.0604. The Labute approximate surface area is 265 Å². The molecular weight excluding hydrogens is 628 g/mol. The van der Waals surface area contributed by atoms with Gasteiger partial charge >= 0.3 is 0 Å². The first kappa shape index (κ1) is 32.3. The van der Waals surface area contributed by atoms with Crippen LogP contribution in [-0.4, -0.2) is 63.9 Å². The first-order valence-electron chi connectivity index (χ1n) is 14.2. The van der Waals surface area contributed by atoms with E-state index in [1.807, 2.05) is 25.2 Å². The SMILES string of the molecule is CN[C@H]1CC[C@H](N(Cc2cc(-c3ccc(S(=O)(=O)N(C)C)cc3)ccc2OC)C(=O)c2sc3c(F)ccc(F)c3c2Cl)CC1. The molecule has 1 N–H and O–H groups in total. The lowest BCUT2D eigenvalue weighted by Crippen LogP contribution is -2.44. The summed E-state index contributed by atoms with van der Waals surface area (Å²) in [7, 11) is 2.87. The fraction of sp³-hybridized carbons (Fsp3) is 0.344. The molecule has 1 aromatic heterocycles. The molecular formula is C32H34ClF2N3O4S2. The number of methoxy groups -OCH3 is 1. The van der Waals surface area contributed by atoms with Crippen LogP contribution in [0.4, 0.5) is 8.78 Å². The number of ether oxygens (including phenoxy) is 1. The topological polar surface area (TPSA) is 79.0 Å². The number of rotatable bonds is 9. The van der Waals surface area contributed by atoms with Crippen molar-refractivity contribution in [1.29, 1.82) is 0 Å². The van der Waals surface area contributed by atoms with Crippen LogP contribution in [0.25, 0.3) is 21.2 Å². The van der Waals surface area contributed by atoms with E-state index < -0.39 is 27.6 Å². The fourth-order valence-electron chi connectivity index (χ4n) is 5.70. The van der Waals surface area contributed by atoms with E-state index in [2.05, 4.69) is 5.32 Å². The van der Waals surface area contributed by atoms with E-state index >= 15 is 0 Å². The number of thiophene rings is 1. The van der Waals surface area contributed by atoms with Gasteiger partial charge in [-0.1, -0.05) is 29.8 Å². The van der Waals surface area contributed by atoms with Gasteiger partial charge in [-0.25, -0.2) is 21.5 Å². The second kappa shape index (κ2) is 13.1. The van der Waals surface area contributed by atoms with Gasteiger partial charge in [0.2, 0.25) is 10.0 Å². The summed E-state index contributed by atoms with van der Waals surface area (Å²) in [6.07, 6.45) is 3.22. The summed E-state index contributed by atoms with van der Waals surface area (Å²) in [5.41, 5.74) is 2.33. The molecule has 1 fully saturated rings. The van der Waals surface area contributed by atoms with Gasteiger partial charge in [-0.2, -0.15) is 0 Å². The van der Waals surface area contributed by atoms with Gasteiger partial charge in [0.25, 0.3) is 5.91 Å². The molecule has 1 saturated carbocycles. The van der Waals surface area contributed by atoms with Crippen molar-refractivity contribution in [1.82, 2.24) is 14.5 Å². The van der Waals surface area contributed by atoms with Crippen molar-refractivity contribution in [3.05, 3.63) is 81.7 Å². The smallest absolute Gasteiger partial charge is 0.266 e. The zero-order valence-corrected chi connectivity index (χ0v) is 27.3. The maximum Gasteiger partial charge on any atom is 0.266 e. The van der Waals surface area contributed by atoms with Crippen LogP contribution in [0.3, 0.4) is 0 Å². The Hall–Kier alpha value is -3.09. The number of amides is 1. The van der Waals surface area contributed by atoms with Gasteiger partial charge in [0.05, 0.1) is 27.1 Å². The summed E-state index contributed by atoms with van der Waals surface area (Å²) in [5, 5.41) is 3.14. The monoisotopic (exact) mass is 661 g/mol. The van der Waals surface area contributed by atoms with Crippen molar-refractivity contribution < 1.29 is 26.7 Å². The minimum atomic E-state index is -3.58. The number of benzene rings is 3. The number of hydrogen-bond donors (Lipinski definition) is 1. The first-order valence-corrected chi connectivity index (χ1v) is 16.8. The van der Waals surface area contributed by atoms with E-state index in [4.69, 9.17) is 16.3 Å². The predicted molar refractivity (Wildman–Crippen MR) is 171 cm³/mol. The minimum Gasteiger partial charge on any atom is -0.496 e. The number of sulfonamides is 1. The summed E-state index contributed by atoms with van der Waals surface area (Å²) >= 11 is 7.43. The van der Waals surface area contributed by atoms with Gasteiger partial charge < -0.3 is 15.0 Å². The number of nitrogens with one attached hydrogen (secondary N) is 1. The van der Waals surface area contributed by atoms with E-state index in [0.717, 1.165) is 70.1 Å². The zero-order chi connectivity index (χ0) is 31.8. The van der Waals surface area contributed by atoms with Crippen LogP contribution in [-0.2, 0) is 16.6 Å². The van der Waals surface area contributed by atoms with Gasteiger partial charge in [-0.3, -0.25) is 4.79 Å². The number of nitrogens with zero attached hydrogens (tertiary/aromatic N) is 2. The van der Waals surface area contributed by atoms with E-state index in [1.54, 1.807) is 36.3 Å². The Bertz CT molecular complexity index is 1790. The number of hydrogen-bond acceptors (Lipinski definition) is 6. The highest BCUT2D eigenvalue weighted by Crippen LogP contribution is 2.40. The summed E-state index contributed by atoms with van der Waals surface area (Å²) < 4.78 is 61.3. The maximum atomic E-state index is 14.7. The number of carbonyl (C=O) groups is 1. The van der Waals surface area contributed by atoms with Crippen LogP contribution in [0.2, 0.25) is 5.02 Å². The van der Waals surface area contributed by atoms with Crippen molar-refractivity contribution in [2.75, 3.05) is 28.3 Å². The van der Waals surface area contributed by atoms with Gasteiger partial charge in [-0.15, -0.1) is 11.3 Å². The molecule has 12 heteroatoms. The second-order valence-corrected chi connectivity index (χ2v) is 14.6. The quantitative estimate of drug-likeness (QED) is 0.211. The van der Waals surface area contributed by atoms with E-state index in [9.17, 15) is 22.0 Å². The highest BCUT2D eigenvalue weighted by Gasteiger charge is 2.33. The van der Waals surface area contributed by atoms with Crippen molar-refractivity contribution in [2.24, 2.45) is 0 Å². The Balaban J connectivity index is 1.53. The van der Waals surface area contributed by atoms with Gasteiger partial charge in [0.15, 0.2) is 0 Å². The Morgan fingerprint density at radius 1 is 1.00 bits per heavy atom. The molecule has 0 spiro atoms. The standard InChI is InChI=1S/C32H34ClF2N3O4S2/c1-36-22-8-10-23(11-9-22)38(32(39)31-29(33)28-25(34)14-15-26(35)30(28)43-31)18-21-17-20(7-16-27(21)42-4)19-5-12-24(13-6-19)44(40,41)37(2)3/h5-7,12-17,22-23,36H,8-11,18H2,1-4H3/t22-,23-. The molecule has 1 amide bonds. The molecule has 0 unspecified atom stereocenters. The average molecular weight is 662 g/mol. The molecule has 4 aromatic rings. The Morgan fingerprint density at radius 3 is 2.23 bits per heavy atom. The third-order valence-electron chi connectivity index (χ3n) is 8.27. The number of fused-ring (bicyclic) bond motifs is 1. The molecule has 0 aliphatic heterocycles. The predicted octanol–water partition coefficient (Wildman–Crippen LogP) is 6.93. The van der Waals surface area contributed by atoms with E-state index in [-0.39, 0.29) is 37.5 Å². The van der Waals surface area contributed by atoms with Gasteiger partial charge in [-0.05, 0) is 80.3 Å². The van der Waals surface area contributed by atoms with Crippen LogP contribution in [0.5, 0.6) is 5.75 Å². The molecule has 234 valence electrons. The van der Waals surface area contributed by atoms with Gasteiger partial charge in [0, 0.05) is 38.3 Å². The molecule has 0 saturated heterocycles. The van der Waals surface area contributed by atoms with E-state index in [1.165, 1.54) is 14.1 Å². The highest BCUT2D eigenvalue weighted by atomic mass is 35.5. The van der Waals surface area contributed by atoms with Crippen LogP contribution >= 0.6 is 22.9 Å². The molecule has 0 bridgehead atoms. The lowest BCUT2D eigenvalue weighted by Gasteiger charge is -2.37. The minimum absolute atomic E-state index is 0.0106. The molecule has 44 heavy (non-hydrogen) atoms. The first-order chi connectivity index (χ1) is 21.0. The van der Waals surface area contributed by atoms with Crippen LogP contribution in [0, 0.1) is 11.6 Å². The molecule has 1 aliphatic carbocycles. The van der Waals surface area contributed by atoms with Crippen molar-refractivity contribution in [3.63, 3.8) is 0 Å². The third-order valence-corrected chi connectivity index (χ3v) is 11.8. The van der Waals surface area contributed by atoms with Crippen molar-refractivity contribution >= 4 is 49.0 Å². The molecule has 5 rings (SSSR count). The van der Waals surface area contributed by atoms with Crippen molar-refractivity contribution in [2.45, 2.75) is 49.2 Å². The summed E-state index contributed by atoms with van der Waals surface area (Å²) in [6, 6.07) is 14.5. The zero-order valence-electron chi connectivity index (χ0n) is 24.9. The van der Waals surface area contributed by atoms with Crippen LogP contribution in [0.15, 0.2) is 59.5 Å². The molecule has 0 atom stereocenters. The second-order valence-electron chi connectivity index (χ2n) is 11.0. The van der Waals surface area contributed by atoms with E-state index in [0.29, 0.717) is 11.8 Å². The normalized spacial score (nSPS) is 17.3. The maximum absolute atomic E-state index is 14.7. The Morgan fingerprint density at radius 2 is 1.64 bits per heavy atom. The molecule has 3 aromatic carbocycles. The summed E-state index contributed by atoms with van der Waals surface area (Å²) in [6.45, 7) is 0.174. The van der Waals surface area contributed by atoms with Crippen LogP contribution < -0.4 is 10.1 Å². The largest absolute Gasteiger partial charge is 0.496 e. The van der Waals surface area contributed by atoms with Crippen LogP contribution in [0.1, 0.15) is 40.9 Å². The number of halogens is 3. The van der Waals surface area contributed by atoms with Crippen molar-refractivity contribution in [3.8, 4) is 16.9 Å². The fourth-order valence-corrected chi connectivity index (χ4v) is 8.11. The molecule has 0 radical (unpaired) electrons. The summed E-state index contributed by atoms with van der Waals surface area (Å²) in [4.78, 5) is 16.3. The lowest BCUT2D eigenvalue weighted by atomic mass is 9.89. The highest BCUT2D eigenvalue weighted by molar-refractivity contribution is 7.89. The molecule has 7 nitrogen and oxygen atoms in total. The summed E-state index contributed by atoms with van der Waals surface area (Å²) in [5.74, 6) is -1.14. The van der Waals surface area contributed by atoms with Gasteiger partial charge in [0.1, 0.15) is 22.3 Å². The average Bonchev–Trinajstić information content (AvgIpc) is 3.39. The molecule has 1 aliphatic rings. The third kappa shape index (κ3) is 6.21.